The molecule has 0 bridgehead atoms. The second kappa shape index (κ2) is 4.24. The van der Waals surface area contributed by atoms with Gasteiger partial charge in [-0.2, -0.15) is 0 Å². The largest absolute Gasteiger partial charge is 0.496 e. The molecule has 1 rings (SSSR count). The molecule has 0 aliphatic heterocycles. The van der Waals surface area contributed by atoms with E-state index in [9.17, 15) is 4.79 Å². The number of aryl methyl sites for hydroxylation is 1. The number of ketones is 1. The van der Waals surface area contributed by atoms with Crippen molar-refractivity contribution in [2.24, 2.45) is 5.73 Å². The Morgan fingerprint density at radius 3 is 2.64 bits per heavy atom. The van der Waals surface area contributed by atoms with Gasteiger partial charge in [0.25, 0.3) is 0 Å². The number of methoxy groups -OCH3 is 1. The van der Waals surface area contributed by atoms with Crippen LogP contribution in [0.3, 0.4) is 0 Å². The van der Waals surface area contributed by atoms with Gasteiger partial charge in [0.15, 0.2) is 5.78 Å². The molecule has 14 heavy (non-hydrogen) atoms. The Morgan fingerprint density at radius 1 is 1.50 bits per heavy atom. The van der Waals surface area contributed by atoms with E-state index in [4.69, 9.17) is 10.5 Å². The van der Waals surface area contributed by atoms with Crippen molar-refractivity contribution in [3.63, 3.8) is 0 Å². The summed E-state index contributed by atoms with van der Waals surface area (Å²) >= 11 is 0. The first-order chi connectivity index (χ1) is 6.57. The van der Waals surface area contributed by atoms with Crippen LogP contribution >= 0.6 is 0 Å². The molecule has 0 amide bonds. The summed E-state index contributed by atoms with van der Waals surface area (Å²) in [7, 11) is 1.57. The number of carbonyl (C=O) groups excluding carboxylic acids is 1. The van der Waals surface area contributed by atoms with Gasteiger partial charge < -0.3 is 10.5 Å². The molecule has 0 saturated heterocycles. The van der Waals surface area contributed by atoms with Crippen molar-refractivity contribution in [1.82, 2.24) is 0 Å². The molecule has 0 aliphatic rings. The number of benzene rings is 1. The fourth-order valence-corrected chi connectivity index (χ4v) is 1.43. The summed E-state index contributed by atoms with van der Waals surface area (Å²) in [6.45, 7) is 3.40. The van der Waals surface area contributed by atoms with Gasteiger partial charge in [-0.1, -0.05) is 12.1 Å². The lowest BCUT2D eigenvalue weighted by Gasteiger charge is -2.15. The minimum absolute atomic E-state index is 0.0578. The van der Waals surface area contributed by atoms with Gasteiger partial charge in [-0.15, -0.1) is 0 Å². The summed E-state index contributed by atoms with van der Waals surface area (Å²) in [6, 6.07) is 5.02. The molecule has 0 spiro atoms. The molecule has 0 aromatic heterocycles. The number of ether oxygens (including phenoxy) is 1. The molecule has 76 valence electrons. The smallest absolute Gasteiger partial charge is 0.151 e. The van der Waals surface area contributed by atoms with Gasteiger partial charge in [-0.25, -0.2) is 0 Å². The molecule has 1 atom stereocenters. The third kappa shape index (κ3) is 1.93. The van der Waals surface area contributed by atoms with Crippen LogP contribution in [0.2, 0.25) is 0 Å². The van der Waals surface area contributed by atoms with Crippen molar-refractivity contribution < 1.29 is 9.53 Å². The van der Waals surface area contributed by atoms with Gasteiger partial charge in [0.05, 0.1) is 13.2 Å². The van der Waals surface area contributed by atoms with Crippen molar-refractivity contribution in [2.45, 2.75) is 19.9 Å². The number of carbonyl (C=O) groups is 1. The summed E-state index contributed by atoms with van der Waals surface area (Å²) in [5.41, 5.74) is 7.54. The highest BCUT2D eigenvalue weighted by atomic mass is 16.5. The highest BCUT2D eigenvalue weighted by Gasteiger charge is 2.17. The van der Waals surface area contributed by atoms with Crippen LogP contribution in [-0.4, -0.2) is 12.9 Å². The predicted molar refractivity (Wildman–Crippen MR) is 55.3 cm³/mol. The lowest BCUT2D eigenvalue weighted by Crippen LogP contribution is -2.20. The van der Waals surface area contributed by atoms with Crippen LogP contribution in [-0.2, 0) is 4.79 Å². The van der Waals surface area contributed by atoms with Crippen LogP contribution in [0.25, 0.3) is 0 Å². The number of nitrogens with two attached hydrogens (primary N) is 1. The molecule has 2 N–H and O–H groups in total. The molecule has 1 unspecified atom stereocenters. The molecular weight excluding hydrogens is 178 g/mol. The second-order valence-corrected chi connectivity index (χ2v) is 3.28. The Balaban J connectivity index is 3.23. The Hall–Kier alpha value is -1.35. The summed E-state index contributed by atoms with van der Waals surface area (Å²) in [5, 5.41) is 0. The third-order valence-corrected chi connectivity index (χ3v) is 2.25. The second-order valence-electron chi connectivity index (χ2n) is 3.28. The van der Waals surface area contributed by atoms with Crippen LogP contribution < -0.4 is 10.5 Å². The maximum absolute atomic E-state index is 11.2. The Morgan fingerprint density at radius 2 is 2.14 bits per heavy atom. The van der Waals surface area contributed by atoms with Crippen molar-refractivity contribution in [3.05, 3.63) is 29.3 Å². The van der Waals surface area contributed by atoms with E-state index in [2.05, 4.69) is 0 Å². The zero-order valence-electron chi connectivity index (χ0n) is 8.70. The van der Waals surface area contributed by atoms with Crippen molar-refractivity contribution in [1.29, 1.82) is 0 Å². The van der Waals surface area contributed by atoms with Gasteiger partial charge >= 0.3 is 0 Å². The number of hydrogen-bond donors (Lipinski definition) is 1. The first kappa shape index (κ1) is 10.7. The van der Waals surface area contributed by atoms with Crippen LogP contribution in [0, 0.1) is 6.92 Å². The first-order valence-electron chi connectivity index (χ1n) is 4.47. The van der Waals surface area contributed by atoms with Crippen molar-refractivity contribution in [2.75, 3.05) is 7.11 Å². The monoisotopic (exact) mass is 193 g/mol. The molecule has 0 saturated carbocycles. The average Bonchev–Trinajstić information content (AvgIpc) is 2.16. The van der Waals surface area contributed by atoms with Crippen molar-refractivity contribution in [3.8, 4) is 5.75 Å². The number of rotatable bonds is 3. The van der Waals surface area contributed by atoms with E-state index in [0.717, 1.165) is 11.1 Å². The van der Waals surface area contributed by atoms with Crippen LogP contribution in [0.1, 0.15) is 24.1 Å². The molecule has 1 aromatic carbocycles. The SMILES string of the molecule is COc1cccc(C)c1C(N)C(C)=O. The van der Waals surface area contributed by atoms with Gasteiger partial charge in [0.1, 0.15) is 5.75 Å². The maximum atomic E-state index is 11.2. The minimum atomic E-state index is -0.592. The normalized spacial score (nSPS) is 12.3. The third-order valence-electron chi connectivity index (χ3n) is 2.25. The van der Waals surface area contributed by atoms with E-state index in [0.29, 0.717) is 5.75 Å². The number of hydrogen-bond acceptors (Lipinski definition) is 3. The molecule has 0 fully saturated rings. The Kier molecular flexibility index (Phi) is 3.25. The molecule has 3 nitrogen and oxygen atoms in total. The average molecular weight is 193 g/mol. The quantitative estimate of drug-likeness (QED) is 0.793. The summed E-state index contributed by atoms with van der Waals surface area (Å²) in [4.78, 5) is 11.2. The molecule has 1 aromatic rings. The lowest BCUT2D eigenvalue weighted by atomic mass is 9.98. The molecule has 0 heterocycles. The standard InChI is InChI=1S/C11H15NO2/c1-7-5-4-6-9(14-3)10(7)11(12)8(2)13/h4-6,11H,12H2,1-3H3. The predicted octanol–water partition coefficient (Wildman–Crippen LogP) is 1.59. The van der Waals surface area contributed by atoms with Gasteiger partial charge in [0, 0.05) is 5.56 Å². The fraction of sp³-hybridized carbons (Fsp3) is 0.364. The summed E-state index contributed by atoms with van der Waals surface area (Å²) in [5.74, 6) is 0.616. The van der Waals surface area contributed by atoms with Crippen LogP contribution in [0.15, 0.2) is 18.2 Å². The first-order valence-corrected chi connectivity index (χ1v) is 4.47. The Labute approximate surface area is 83.9 Å². The highest BCUT2D eigenvalue weighted by molar-refractivity contribution is 5.83. The van der Waals surface area contributed by atoms with E-state index in [-0.39, 0.29) is 5.78 Å². The minimum Gasteiger partial charge on any atom is -0.496 e. The molecule has 3 heteroatoms. The molecular formula is C11H15NO2. The zero-order chi connectivity index (χ0) is 10.7. The van der Waals surface area contributed by atoms with Crippen LogP contribution in [0.5, 0.6) is 5.75 Å². The van der Waals surface area contributed by atoms with Gasteiger partial charge in [-0.3, -0.25) is 4.79 Å². The molecule has 0 aliphatic carbocycles. The lowest BCUT2D eigenvalue weighted by molar-refractivity contribution is -0.118. The fourth-order valence-electron chi connectivity index (χ4n) is 1.43. The van der Waals surface area contributed by atoms with E-state index in [1.165, 1.54) is 6.92 Å². The number of Topliss-reactive ketones (excluding diaryl/α,β-unsaturated/α-hetero) is 1. The van der Waals surface area contributed by atoms with Crippen molar-refractivity contribution >= 4 is 5.78 Å². The maximum Gasteiger partial charge on any atom is 0.151 e. The molecule has 0 radical (unpaired) electrons. The zero-order valence-corrected chi connectivity index (χ0v) is 8.70. The topological polar surface area (TPSA) is 52.3 Å². The van der Waals surface area contributed by atoms with Gasteiger partial charge in [0.2, 0.25) is 0 Å². The highest BCUT2D eigenvalue weighted by Crippen LogP contribution is 2.27. The Bertz CT molecular complexity index is 347. The summed E-state index contributed by atoms with van der Waals surface area (Å²) < 4.78 is 5.17. The van der Waals surface area contributed by atoms with E-state index in [1.807, 2.05) is 25.1 Å². The van der Waals surface area contributed by atoms with Crippen LogP contribution in [0.4, 0.5) is 0 Å². The van der Waals surface area contributed by atoms with E-state index in [1.54, 1.807) is 7.11 Å². The summed E-state index contributed by atoms with van der Waals surface area (Å²) in [6.07, 6.45) is 0. The van der Waals surface area contributed by atoms with E-state index >= 15 is 0 Å². The van der Waals surface area contributed by atoms with E-state index < -0.39 is 6.04 Å². The van der Waals surface area contributed by atoms with Gasteiger partial charge in [-0.05, 0) is 25.5 Å².